The van der Waals surface area contributed by atoms with Gasteiger partial charge in [0, 0.05) is 49.3 Å². The third-order valence-electron chi connectivity index (χ3n) is 8.95. The second-order valence-electron chi connectivity index (χ2n) is 13.3. The summed E-state index contributed by atoms with van der Waals surface area (Å²) < 4.78 is 0. The van der Waals surface area contributed by atoms with Gasteiger partial charge in [-0.15, -0.1) is 0 Å². The predicted molar refractivity (Wildman–Crippen MR) is 228 cm³/mol. The molecule has 0 aliphatic rings. The third kappa shape index (κ3) is 16.1. The molecule has 0 bridgehead atoms. The summed E-state index contributed by atoms with van der Waals surface area (Å²) in [6, 6.07) is 39.7. The maximum Gasteiger partial charge on any atom is 2.00 e. The standard InChI is InChI=1S/C28H35N3O.2C10H8N2.Ru/c1-3-23-12-14-25(15-13-23)31-28(32)11-9-7-5-4-6-8-10-24-17-19-30-27(21-24)26-20-22(2)16-18-29-26;2*1-3-7-11-9(5-1)10-6-2-4-8-12-10;/h12-21H,3-11H2,1-2H3,(H,31,32);2*1-8H;/q;;;+2. The maximum absolute atomic E-state index is 12.1. The van der Waals surface area contributed by atoms with Crippen LogP contribution in [0.5, 0.6) is 0 Å². The summed E-state index contributed by atoms with van der Waals surface area (Å²) in [4.78, 5) is 37.8. The van der Waals surface area contributed by atoms with E-state index in [0.717, 1.165) is 65.5 Å². The molecule has 1 N–H and O–H groups in total. The van der Waals surface area contributed by atoms with Crippen LogP contribution in [-0.4, -0.2) is 35.8 Å². The number of nitrogens with zero attached hydrogens (tertiary/aromatic N) is 6. The molecule has 6 aromatic heterocycles. The number of aryl methyl sites for hydroxylation is 3. The normalized spacial score (nSPS) is 10.1. The topological polar surface area (TPSA) is 106 Å². The van der Waals surface area contributed by atoms with Crippen LogP contribution in [0.2, 0.25) is 0 Å². The van der Waals surface area contributed by atoms with Crippen molar-refractivity contribution in [2.75, 3.05) is 5.32 Å². The Labute approximate surface area is 350 Å². The summed E-state index contributed by atoms with van der Waals surface area (Å²) in [5.41, 5.74) is 10.2. The van der Waals surface area contributed by atoms with Crippen LogP contribution in [0.3, 0.4) is 0 Å². The van der Waals surface area contributed by atoms with Crippen molar-refractivity contribution in [2.24, 2.45) is 0 Å². The molecule has 0 atom stereocenters. The van der Waals surface area contributed by atoms with Gasteiger partial charge in [-0.2, -0.15) is 0 Å². The van der Waals surface area contributed by atoms with E-state index in [9.17, 15) is 4.79 Å². The summed E-state index contributed by atoms with van der Waals surface area (Å²) >= 11 is 0. The van der Waals surface area contributed by atoms with E-state index in [0.29, 0.717) is 6.42 Å². The van der Waals surface area contributed by atoms with Crippen LogP contribution in [0.25, 0.3) is 34.2 Å². The zero-order valence-electron chi connectivity index (χ0n) is 32.8. The SMILES string of the molecule is CCc1ccc(NC(=O)CCCCCCCCc2ccnc(-c3cc(C)ccn3)c2)cc1.[Ru+2].c1ccc(-c2ccccn2)nc1.c1ccc(-c2ccccn2)nc1. The number of benzene rings is 1. The molecule has 1 aromatic carbocycles. The van der Waals surface area contributed by atoms with Gasteiger partial charge in [0.15, 0.2) is 0 Å². The van der Waals surface area contributed by atoms with Gasteiger partial charge in [0.25, 0.3) is 0 Å². The van der Waals surface area contributed by atoms with Crippen molar-refractivity contribution < 1.29 is 24.3 Å². The van der Waals surface area contributed by atoms with Gasteiger partial charge in [0.2, 0.25) is 5.91 Å². The quantitative estimate of drug-likeness (QED) is 0.0858. The molecule has 0 spiro atoms. The minimum absolute atomic E-state index is 0. The molecule has 9 heteroatoms. The number of anilines is 1. The maximum atomic E-state index is 12.1. The zero-order chi connectivity index (χ0) is 39.0. The van der Waals surface area contributed by atoms with Gasteiger partial charge < -0.3 is 5.32 Å². The Morgan fingerprint density at radius 1 is 0.474 bits per heavy atom. The van der Waals surface area contributed by atoms with Gasteiger partial charge in [-0.3, -0.25) is 34.7 Å². The number of aromatic nitrogens is 6. The number of unbranched alkanes of at least 4 members (excludes halogenated alkanes) is 5. The molecule has 1 amide bonds. The molecule has 290 valence electrons. The molecule has 0 saturated heterocycles. The van der Waals surface area contributed by atoms with E-state index >= 15 is 0 Å². The van der Waals surface area contributed by atoms with Crippen molar-refractivity contribution in [3.8, 4) is 34.2 Å². The molecule has 0 radical (unpaired) electrons. The van der Waals surface area contributed by atoms with Crippen LogP contribution in [-0.2, 0) is 37.1 Å². The number of carbonyl (C=O) groups excluding carboxylic acids is 1. The first-order chi connectivity index (χ1) is 27.6. The zero-order valence-corrected chi connectivity index (χ0v) is 34.6. The van der Waals surface area contributed by atoms with Gasteiger partial charge in [-0.25, -0.2) is 0 Å². The first-order valence-corrected chi connectivity index (χ1v) is 19.5. The van der Waals surface area contributed by atoms with Crippen molar-refractivity contribution in [2.45, 2.75) is 71.6 Å². The first kappa shape index (κ1) is 43.9. The van der Waals surface area contributed by atoms with Crippen LogP contribution >= 0.6 is 0 Å². The van der Waals surface area contributed by atoms with E-state index in [2.05, 4.69) is 79.4 Å². The molecule has 7 rings (SSSR count). The number of carbonyl (C=O) groups is 1. The second kappa shape index (κ2) is 25.4. The summed E-state index contributed by atoms with van der Waals surface area (Å²) in [7, 11) is 0. The molecule has 0 unspecified atom stereocenters. The number of rotatable bonds is 14. The monoisotopic (exact) mass is 843 g/mol. The number of nitrogens with one attached hydrogen (secondary N) is 1. The Bertz CT molecular complexity index is 1990. The largest absolute Gasteiger partial charge is 2.00 e. The average molecular weight is 843 g/mol. The van der Waals surface area contributed by atoms with Crippen molar-refractivity contribution in [1.82, 2.24) is 29.9 Å². The van der Waals surface area contributed by atoms with Gasteiger partial charge in [-0.1, -0.05) is 69.0 Å². The first-order valence-electron chi connectivity index (χ1n) is 19.5. The van der Waals surface area contributed by atoms with E-state index in [1.54, 1.807) is 24.8 Å². The smallest absolute Gasteiger partial charge is 0.326 e. The molecule has 57 heavy (non-hydrogen) atoms. The van der Waals surface area contributed by atoms with E-state index in [1.165, 1.54) is 42.4 Å². The van der Waals surface area contributed by atoms with Gasteiger partial charge in [-0.05, 0) is 134 Å². The van der Waals surface area contributed by atoms with E-state index < -0.39 is 0 Å². The molecule has 0 fully saturated rings. The number of hydrogen-bond acceptors (Lipinski definition) is 7. The van der Waals surface area contributed by atoms with Crippen LogP contribution in [0.1, 0.15) is 68.6 Å². The summed E-state index contributed by atoms with van der Waals surface area (Å²) in [5.74, 6) is 0.117. The molecule has 8 nitrogen and oxygen atoms in total. The van der Waals surface area contributed by atoms with Crippen molar-refractivity contribution >= 4 is 11.6 Å². The Hall–Kier alpha value is -5.79. The number of amides is 1. The number of hydrogen-bond donors (Lipinski definition) is 1. The van der Waals surface area contributed by atoms with Crippen LogP contribution in [0.4, 0.5) is 5.69 Å². The van der Waals surface area contributed by atoms with Gasteiger partial charge in [0.1, 0.15) is 0 Å². The number of pyridine rings is 6. The summed E-state index contributed by atoms with van der Waals surface area (Å²) in [5, 5.41) is 2.99. The fraction of sp³-hybridized carbons (Fsp3) is 0.229. The predicted octanol–water partition coefficient (Wildman–Crippen LogP) is 11.2. The van der Waals surface area contributed by atoms with Crippen LogP contribution < -0.4 is 5.32 Å². The summed E-state index contributed by atoms with van der Waals surface area (Å²) in [6.07, 6.45) is 20.4. The molecule has 0 aliphatic heterocycles. The Morgan fingerprint density at radius 3 is 1.40 bits per heavy atom. The van der Waals surface area contributed by atoms with Crippen molar-refractivity contribution in [3.63, 3.8) is 0 Å². The van der Waals surface area contributed by atoms with Crippen molar-refractivity contribution in [1.29, 1.82) is 0 Å². The molecule has 0 saturated carbocycles. The minimum atomic E-state index is 0. The fourth-order valence-corrected chi connectivity index (χ4v) is 5.87. The minimum Gasteiger partial charge on any atom is -0.326 e. The fourth-order valence-electron chi connectivity index (χ4n) is 5.87. The molecule has 7 aromatic rings. The molecular weight excluding hydrogens is 792 g/mol. The van der Waals surface area contributed by atoms with E-state index in [-0.39, 0.29) is 25.4 Å². The third-order valence-corrected chi connectivity index (χ3v) is 8.95. The summed E-state index contributed by atoms with van der Waals surface area (Å²) in [6.45, 7) is 4.21. The Kier molecular flexibility index (Phi) is 19.6. The van der Waals surface area contributed by atoms with E-state index in [4.69, 9.17) is 0 Å². The Balaban J connectivity index is 0.000000233. The van der Waals surface area contributed by atoms with Gasteiger partial charge >= 0.3 is 19.5 Å². The second-order valence-corrected chi connectivity index (χ2v) is 13.3. The van der Waals surface area contributed by atoms with E-state index in [1.807, 2.05) is 103 Å². The average Bonchev–Trinajstić information content (AvgIpc) is 3.27. The molecule has 6 heterocycles. The van der Waals surface area contributed by atoms with Crippen LogP contribution in [0, 0.1) is 6.92 Å². The van der Waals surface area contributed by atoms with Gasteiger partial charge in [0.05, 0.1) is 34.2 Å². The molecular formula is C48H51N7ORu+2. The van der Waals surface area contributed by atoms with Crippen LogP contribution in [0.15, 0.2) is 159 Å². The Morgan fingerprint density at radius 2 is 0.930 bits per heavy atom. The molecule has 0 aliphatic carbocycles. The van der Waals surface area contributed by atoms with Crippen molar-refractivity contribution in [3.05, 3.63) is 175 Å².